The number of halogens is 1. The third kappa shape index (κ3) is 2.69. The SMILES string of the molecule is O=C(NCc1ccc(F)cc1)c1noc2c1CSc1ccccc1-2. The lowest BCUT2D eigenvalue weighted by molar-refractivity contribution is 0.0941. The summed E-state index contributed by atoms with van der Waals surface area (Å²) >= 11 is 1.66. The highest BCUT2D eigenvalue weighted by atomic mass is 32.2. The summed E-state index contributed by atoms with van der Waals surface area (Å²) in [6.45, 7) is 0.310. The van der Waals surface area contributed by atoms with Crippen LogP contribution in [0.1, 0.15) is 21.6 Å². The normalized spacial score (nSPS) is 12.4. The number of thioether (sulfide) groups is 1. The van der Waals surface area contributed by atoms with E-state index in [0.29, 0.717) is 23.8 Å². The predicted octanol–water partition coefficient (Wildman–Crippen LogP) is 4.02. The van der Waals surface area contributed by atoms with Gasteiger partial charge in [0.05, 0.1) is 0 Å². The Kier molecular flexibility index (Phi) is 3.82. The summed E-state index contributed by atoms with van der Waals surface area (Å²) in [4.78, 5) is 13.5. The van der Waals surface area contributed by atoms with Crippen molar-refractivity contribution in [2.75, 3.05) is 0 Å². The van der Waals surface area contributed by atoms with E-state index >= 15 is 0 Å². The fourth-order valence-electron chi connectivity index (χ4n) is 2.63. The van der Waals surface area contributed by atoms with Crippen LogP contribution < -0.4 is 5.32 Å². The maximum absolute atomic E-state index is 12.9. The van der Waals surface area contributed by atoms with E-state index in [-0.39, 0.29) is 11.7 Å². The number of benzene rings is 2. The summed E-state index contributed by atoms with van der Waals surface area (Å²) in [5.74, 6) is 0.724. The van der Waals surface area contributed by atoms with Crippen LogP contribution in [0.15, 0.2) is 57.9 Å². The van der Waals surface area contributed by atoms with Crippen molar-refractivity contribution in [2.45, 2.75) is 17.2 Å². The molecular weight excluding hydrogens is 327 g/mol. The minimum Gasteiger partial charge on any atom is -0.355 e. The molecule has 3 aromatic rings. The van der Waals surface area contributed by atoms with Gasteiger partial charge >= 0.3 is 0 Å². The Labute approximate surface area is 142 Å². The molecule has 1 N–H and O–H groups in total. The van der Waals surface area contributed by atoms with Gasteiger partial charge < -0.3 is 9.84 Å². The quantitative estimate of drug-likeness (QED) is 0.782. The van der Waals surface area contributed by atoms with Gasteiger partial charge in [0.15, 0.2) is 11.5 Å². The summed E-state index contributed by atoms with van der Waals surface area (Å²) in [6, 6.07) is 13.9. The summed E-state index contributed by atoms with van der Waals surface area (Å²) < 4.78 is 18.3. The van der Waals surface area contributed by atoms with Crippen molar-refractivity contribution in [3.63, 3.8) is 0 Å². The third-order valence-electron chi connectivity index (χ3n) is 3.87. The highest BCUT2D eigenvalue weighted by molar-refractivity contribution is 7.98. The van der Waals surface area contributed by atoms with Crippen LogP contribution in [0.25, 0.3) is 11.3 Å². The van der Waals surface area contributed by atoms with Crippen LogP contribution >= 0.6 is 11.8 Å². The van der Waals surface area contributed by atoms with Crippen molar-refractivity contribution in [3.8, 4) is 11.3 Å². The van der Waals surface area contributed by atoms with Gasteiger partial charge in [0.25, 0.3) is 5.91 Å². The first-order valence-corrected chi connectivity index (χ1v) is 8.44. The lowest BCUT2D eigenvalue weighted by Crippen LogP contribution is -2.24. The molecule has 0 atom stereocenters. The Balaban J connectivity index is 1.55. The maximum atomic E-state index is 12.9. The van der Waals surface area contributed by atoms with E-state index in [1.165, 1.54) is 12.1 Å². The number of nitrogens with one attached hydrogen (secondary N) is 1. The second-order valence-electron chi connectivity index (χ2n) is 5.43. The number of aromatic nitrogens is 1. The van der Waals surface area contributed by atoms with Crippen molar-refractivity contribution < 1.29 is 13.7 Å². The highest BCUT2D eigenvalue weighted by Gasteiger charge is 2.27. The molecule has 0 spiro atoms. The molecule has 1 amide bonds. The van der Waals surface area contributed by atoms with Gasteiger partial charge in [-0.05, 0) is 29.8 Å². The Morgan fingerprint density at radius 1 is 1.21 bits per heavy atom. The fourth-order valence-corrected chi connectivity index (χ4v) is 3.69. The minimum absolute atomic E-state index is 0.288. The largest absolute Gasteiger partial charge is 0.355 e. The molecule has 0 aliphatic carbocycles. The molecule has 24 heavy (non-hydrogen) atoms. The van der Waals surface area contributed by atoms with Gasteiger partial charge in [-0.3, -0.25) is 4.79 Å². The number of rotatable bonds is 3. The van der Waals surface area contributed by atoms with Crippen LogP contribution in [0, 0.1) is 5.82 Å². The molecule has 0 unspecified atom stereocenters. The average Bonchev–Trinajstić information content (AvgIpc) is 3.05. The number of carbonyl (C=O) groups is 1. The fraction of sp³-hybridized carbons (Fsp3) is 0.111. The number of hydrogen-bond acceptors (Lipinski definition) is 4. The van der Waals surface area contributed by atoms with E-state index in [0.717, 1.165) is 21.6 Å². The summed E-state index contributed by atoms with van der Waals surface area (Å²) in [5, 5.41) is 6.76. The summed E-state index contributed by atoms with van der Waals surface area (Å²) in [6.07, 6.45) is 0. The highest BCUT2D eigenvalue weighted by Crippen LogP contribution is 2.42. The minimum atomic E-state index is -0.300. The molecule has 0 saturated carbocycles. The second kappa shape index (κ2) is 6.13. The number of carbonyl (C=O) groups excluding carboxylic acids is 1. The molecule has 0 bridgehead atoms. The number of hydrogen-bond donors (Lipinski definition) is 1. The molecule has 2 heterocycles. The third-order valence-corrected chi connectivity index (χ3v) is 4.97. The Bertz CT molecular complexity index is 906. The van der Waals surface area contributed by atoms with Crippen molar-refractivity contribution in [3.05, 3.63) is 71.2 Å². The van der Waals surface area contributed by atoms with E-state index in [1.54, 1.807) is 23.9 Å². The first kappa shape index (κ1) is 15.0. The van der Waals surface area contributed by atoms with Crippen LogP contribution in [0.2, 0.25) is 0 Å². The standard InChI is InChI=1S/C18H13FN2O2S/c19-12-7-5-11(6-8-12)9-20-18(22)16-14-10-24-15-4-2-1-3-13(15)17(14)23-21-16/h1-8H,9-10H2,(H,20,22). The van der Waals surface area contributed by atoms with Gasteiger partial charge in [-0.25, -0.2) is 4.39 Å². The van der Waals surface area contributed by atoms with Gasteiger partial charge in [-0.15, -0.1) is 11.8 Å². The van der Waals surface area contributed by atoms with E-state index in [4.69, 9.17) is 4.52 Å². The lowest BCUT2D eigenvalue weighted by atomic mass is 10.1. The van der Waals surface area contributed by atoms with Gasteiger partial charge in [0.2, 0.25) is 0 Å². The van der Waals surface area contributed by atoms with Crippen molar-refractivity contribution in [1.29, 1.82) is 0 Å². The van der Waals surface area contributed by atoms with Gasteiger partial charge in [0, 0.05) is 28.3 Å². The Morgan fingerprint density at radius 2 is 2.00 bits per heavy atom. The first-order valence-electron chi connectivity index (χ1n) is 7.46. The number of fused-ring (bicyclic) bond motifs is 3. The van der Waals surface area contributed by atoms with Crippen LogP contribution in [0.4, 0.5) is 4.39 Å². The monoisotopic (exact) mass is 340 g/mol. The first-order chi connectivity index (χ1) is 11.7. The van der Waals surface area contributed by atoms with E-state index in [9.17, 15) is 9.18 Å². The molecule has 1 aromatic heterocycles. The van der Waals surface area contributed by atoms with E-state index < -0.39 is 0 Å². The molecule has 6 heteroatoms. The average molecular weight is 340 g/mol. The molecule has 4 nitrogen and oxygen atoms in total. The summed E-state index contributed by atoms with van der Waals surface area (Å²) in [7, 11) is 0. The number of amides is 1. The predicted molar refractivity (Wildman–Crippen MR) is 89.1 cm³/mol. The summed E-state index contributed by atoms with van der Waals surface area (Å²) in [5.41, 5.74) is 2.92. The lowest BCUT2D eigenvalue weighted by Gasteiger charge is -2.13. The van der Waals surface area contributed by atoms with Crippen LogP contribution in [0.5, 0.6) is 0 Å². The molecule has 0 saturated heterocycles. The molecular formula is C18H13FN2O2S. The topological polar surface area (TPSA) is 55.1 Å². The zero-order valence-corrected chi connectivity index (χ0v) is 13.4. The van der Waals surface area contributed by atoms with Crippen molar-refractivity contribution in [2.24, 2.45) is 0 Å². The van der Waals surface area contributed by atoms with Crippen molar-refractivity contribution >= 4 is 17.7 Å². The maximum Gasteiger partial charge on any atom is 0.274 e. The van der Waals surface area contributed by atoms with E-state index in [1.807, 2.05) is 24.3 Å². The number of nitrogens with zero attached hydrogens (tertiary/aromatic N) is 1. The van der Waals surface area contributed by atoms with Crippen LogP contribution in [0.3, 0.4) is 0 Å². The smallest absolute Gasteiger partial charge is 0.274 e. The Morgan fingerprint density at radius 3 is 2.83 bits per heavy atom. The zero-order valence-electron chi connectivity index (χ0n) is 12.6. The van der Waals surface area contributed by atoms with Gasteiger partial charge in [0.1, 0.15) is 5.82 Å². The molecule has 1 aliphatic heterocycles. The molecule has 1 aliphatic rings. The van der Waals surface area contributed by atoms with Crippen molar-refractivity contribution in [1.82, 2.24) is 10.5 Å². The molecule has 0 radical (unpaired) electrons. The molecule has 4 rings (SSSR count). The van der Waals surface area contributed by atoms with Gasteiger partial charge in [-0.1, -0.05) is 29.4 Å². The second-order valence-corrected chi connectivity index (χ2v) is 6.45. The molecule has 0 fully saturated rings. The van der Waals surface area contributed by atoms with Gasteiger partial charge in [-0.2, -0.15) is 0 Å². The van der Waals surface area contributed by atoms with E-state index in [2.05, 4.69) is 10.5 Å². The zero-order chi connectivity index (χ0) is 16.5. The molecule has 2 aromatic carbocycles. The van der Waals surface area contributed by atoms with Crippen LogP contribution in [-0.2, 0) is 12.3 Å². The molecule has 120 valence electrons. The van der Waals surface area contributed by atoms with Crippen LogP contribution in [-0.4, -0.2) is 11.1 Å². The Hall–Kier alpha value is -2.60.